The molecule has 0 radical (unpaired) electrons. The summed E-state index contributed by atoms with van der Waals surface area (Å²) in [6.07, 6.45) is 1.86. The number of fused-ring (bicyclic) bond motifs is 12. The molecule has 240 valence electrons. The van der Waals surface area contributed by atoms with E-state index in [1.807, 2.05) is 6.20 Å². The average molecular weight is 650 g/mol. The van der Waals surface area contributed by atoms with Crippen molar-refractivity contribution in [1.82, 2.24) is 32.9 Å². The molecule has 0 saturated carbocycles. The van der Waals surface area contributed by atoms with Crippen molar-refractivity contribution in [3.63, 3.8) is 0 Å². The number of rotatable bonds is 2. The molecule has 0 amide bonds. The van der Waals surface area contributed by atoms with Gasteiger partial charge in [-0.3, -0.25) is 17.9 Å². The van der Waals surface area contributed by atoms with Crippen molar-refractivity contribution in [2.75, 3.05) is 0 Å². The summed E-state index contributed by atoms with van der Waals surface area (Å²) < 4.78 is 15.6. The van der Waals surface area contributed by atoms with Gasteiger partial charge in [0.1, 0.15) is 17.3 Å². The van der Waals surface area contributed by atoms with Crippen LogP contribution in [-0.2, 0) is 5.41 Å². The Morgan fingerprint density at radius 1 is 0.540 bits per heavy atom. The molecule has 0 saturated heterocycles. The van der Waals surface area contributed by atoms with E-state index in [4.69, 9.17) is 19.7 Å². The Labute approximate surface area is 286 Å². The molecular weight excluding hydrogens is 619 g/mol. The first-order valence-electron chi connectivity index (χ1n) is 17.0. The van der Waals surface area contributed by atoms with Crippen molar-refractivity contribution in [3.05, 3.63) is 138 Å². The van der Waals surface area contributed by atoms with Crippen LogP contribution in [0.2, 0.25) is 0 Å². The SMILES string of the molecule is Cc1cccc2c1nc1n(-c3ccc4c(c3)C(C)(C)c3cc(-n5c6ccccc6n6c7cccc(C)c7nc56)ncc3O4)c3ccccc3n21. The monoisotopic (exact) mass is 649 g/mol. The van der Waals surface area contributed by atoms with Gasteiger partial charge in [0, 0.05) is 22.2 Å². The molecule has 6 heterocycles. The van der Waals surface area contributed by atoms with Crippen LogP contribution in [0, 0.1) is 13.8 Å². The van der Waals surface area contributed by atoms with Crippen LogP contribution in [0.5, 0.6) is 11.5 Å². The van der Waals surface area contributed by atoms with Crippen LogP contribution >= 0.6 is 0 Å². The quantitative estimate of drug-likeness (QED) is 0.187. The van der Waals surface area contributed by atoms with Crippen molar-refractivity contribution in [2.45, 2.75) is 33.1 Å². The van der Waals surface area contributed by atoms with Crippen LogP contribution in [0.3, 0.4) is 0 Å². The lowest BCUT2D eigenvalue weighted by atomic mass is 9.76. The first-order valence-corrected chi connectivity index (χ1v) is 17.0. The van der Waals surface area contributed by atoms with Gasteiger partial charge in [0.2, 0.25) is 11.6 Å². The fourth-order valence-corrected chi connectivity index (χ4v) is 8.23. The summed E-state index contributed by atoms with van der Waals surface area (Å²) in [7, 11) is 0. The van der Waals surface area contributed by atoms with Gasteiger partial charge >= 0.3 is 0 Å². The van der Waals surface area contributed by atoms with Crippen molar-refractivity contribution < 1.29 is 4.74 Å². The van der Waals surface area contributed by atoms with Crippen LogP contribution in [0.15, 0.2) is 115 Å². The highest BCUT2D eigenvalue weighted by Gasteiger charge is 2.36. The van der Waals surface area contributed by atoms with E-state index in [0.717, 1.165) is 101 Å². The molecule has 8 nitrogen and oxygen atoms in total. The Morgan fingerprint density at radius 3 is 1.72 bits per heavy atom. The van der Waals surface area contributed by atoms with Crippen LogP contribution < -0.4 is 4.74 Å². The highest BCUT2D eigenvalue weighted by atomic mass is 16.5. The first kappa shape index (κ1) is 27.5. The zero-order valence-corrected chi connectivity index (χ0v) is 28.0. The number of para-hydroxylation sites is 6. The zero-order valence-electron chi connectivity index (χ0n) is 28.0. The number of aromatic nitrogens is 7. The molecule has 1 aliphatic rings. The number of imidazole rings is 4. The predicted octanol–water partition coefficient (Wildman–Crippen LogP) is 9.62. The Morgan fingerprint density at radius 2 is 1.08 bits per heavy atom. The average Bonchev–Trinajstić information content (AvgIpc) is 3.86. The molecule has 1 aliphatic heterocycles. The topological polar surface area (TPSA) is 66.6 Å². The van der Waals surface area contributed by atoms with Crippen molar-refractivity contribution >= 4 is 55.7 Å². The molecule has 0 bridgehead atoms. The van der Waals surface area contributed by atoms with E-state index in [-0.39, 0.29) is 0 Å². The van der Waals surface area contributed by atoms with Gasteiger partial charge in [-0.15, -0.1) is 0 Å². The number of hydrogen-bond donors (Lipinski definition) is 0. The fourth-order valence-electron chi connectivity index (χ4n) is 8.23. The van der Waals surface area contributed by atoms with Gasteiger partial charge in [-0.05, 0) is 85.6 Å². The smallest absolute Gasteiger partial charge is 0.221 e. The van der Waals surface area contributed by atoms with E-state index in [0.29, 0.717) is 0 Å². The van der Waals surface area contributed by atoms with Crippen molar-refractivity contribution in [2.24, 2.45) is 0 Å². The van der Waals surface area contributed by atoms with Crippen LogP contribution in [0.4, 0.5) is 0 Å². The molecule has 11 rings (SSSR count). The lowest BCUT2D eigenvalue weighted by molar-refractivity contribution is 0.415. The minimum Gasteiger partial charge on any atom is -0.455 e. The van der Waals surface area contributed by atoms with Crippen LogP contribution in [0.25, 0.3) is 67.2 Å². The van der Waals surface area contributed by atoms with Crippen molar-refractivity contribution in [1.29, 1.82) is 0 Å². The lowest BCUT2D eigenvalue weighted by Gasteiger charge is -2.35. The van der Waals surface area contributed by atoms with E-state index in [1.165, 1.54) is 0 Å². The third kappa shape index (κ3) is 3.42. The second-order valence-electron chi connectivity index (χ2n) is 14.0. The third-order valence-corrected chi connectivity index (χ3v) is 10.7. The summed E-state index contributed by atoms with van der Waals surface area (Å²) in [4.78, 5) is 15.4. The van der Waals surface area contributed by atoms with Gasteiger partial charge < -0.3 is 4.74 Å². The summed E-state index contributed by atoms with van der Waals surface area (Å²) in [5, 5.41) is 0. The summed E-state index contributed by atoms with van der Waals surface area (Å²) in [6, 6.07) is 38.4. The number of ether oxygens (including phenoxy) is 1. The van der Waals surface area contributed by atoms with Gasteiger partial charge in [0.05, 0.1) is 50.3 Å². The Bertz CT molecular complexity index is 2870. The summed E-state index contributed by atoms with van der Waals surface area (Å²) in [5.41, 5.74) is 13.7. The maximum atomic E-state index is 6.61. The lowest BCUT2D eigenvalue weighted by Crippen LogP contribution is -2.25. The molecule has 0 N–H and O–H groups in total. The van der Waals surface area contributed by atoms with Crippen LogP contribution in [0.1, 0.15) is 36.1 Å². The minimum atomic E-state index is -0.400. The van der Waals surface area contributed by atoms with Gasteiger partial charge in [0.15, 0.2) is 0 Å². The maximum Gasteiger partial charge on any atom is 0.221 e. The third-order valence-electron chi connectivity index (χ3n) is 10.7. The molecule has 0 aliphatic carbocycles. The predicted molar refractivity (Wildman–Crippen MR) is 199 cm³/mol. The highest BCUT2D eigenvalue weighted by molar-refractivity contribution is 5.94. The summed E-state index contributed by atoms with van der Waals surface area (Å²) in [5.74, 6) is 4.13. The molecule has 8 heteroatoms. The molecule has 0 fully saturated rings. The highest BCUT2D eigenvalue weighted by Crippen LogP contribution is 2.49. The molecular formula is C42H31N7O. The molecule has 0 spiro atoms. The number of nitrogens with zero attached hydrogens (tertiary/aromatic N) is 7. The number of aryl methyl sites for hydroxylation is 2. The first-order chi connectivity index (χ1) is 24.4. The zero-order chi connectivity index (χ0) is 33.5. The van der Waals surface area contributed by atoms with E-state index in [9.17, 15) is 0 Å². The Kier molecular flexibility index (Phi) is 5.17. The Balaban J connectivity index is 1.11. The largest absolute Gasteiger partial charge is 0.455 e. The maximum absolute atomic E-state index is 6.61. The van der Waals surface area contributed by atoms with Gasteiger partial charge in [-0.1, -0.05) is 62.4 Å². The van der Waals surface area contributed by atoms with Crippen molar-refractivity contribution in [3.8, 4) is 23.0 Å². The van der Waals surface area contributed by atoms with Crippen LogP contribution in [-0.4, -0.2) is 32.9 Å². The number of pyridine rings is 1. The van der Waals surface area contributed by atoms with Gasteiger partial charge in [0.25, 0.3) is 0 Å². The molecule has 0 atom stereocenters. The van der Waals surface area contributed by atoms with E-state index in [1.54, 1.807) is 0 Å². The minimum absolute atomic E-state index is 0.400. The molecule has 5 aromatic carbocycles. The standard InChI is InChI=1S/C42H31N7O/c1-24-11-9-17-33-38(24)44-40-46(29-13-5-6-14-30(29)47(33)40)26-19-20-35-27(21-26)42(3,4)28-22-37(43-23-36(28)50-35)49-32-16-8-7-15-31(32)48-34-18-10-12-25(2)39(34)45-41(48)49/h5-23H,1-4H3. The normalized spacial score (nSPS) is 13.9. The number of hydrogen-bond acceptors (Lipinski definition) is 4. The Hall–Kier alpha value is -6.41. The fraction of sp³-hybridized carbons (Fsp3) is 0.119. The summed E-state index contributed by atoms with van der Waals surface area (Å²) in [6.45, 7) is 8.78. The summed E-state index contributed by atoms with van der Waals surface area (Å²) >= 11 is 0. The second-order valence-corrected chi connectivity index (χ2v) is 14.0. The van der Waals surface area contributed by atoms with E-state index >= 15 is 0 Å². The molecule has 0 unspecified atom stereocenters. The van der Waals surface area contributed by atoms with E-state index < -0.39 is 5.41 Å². The number of benzene rings is 5. The molecule has 50 heavy (non-hydrogen) atoms. The second kappa shape index (κ2) is 9.39. The van der Waals surface area contributed by atoms with Gasteiger partial charge in [-0.2, -0.15) is 0 Å². The van der Waals surface area contributed by atoms with Gasteiger partial charge in [-0.25, -0.2) is 15.0 Å². The molecule has 10 aromatic rings. The molecule has 5 aromatic heterocycles. The van der Waals surface area contributed by atoms with E-state index in [2.05, 4.69) is 155 Å².